The molecule has 0 atom stereocenters. The van der Waals surface area contributed by atoms with Gasteiger partial charge in [0.1, 0.15) is 0 Å². The molecule has 1 N–H and O–H groups in total. The van der Waals surface area contributed by atoms with Crippen molar-refractivity contribution in [3.05, 3.63) is 56.9 Å². The summed E-state index contributed by atoms with van der Waals surface area (Å²) in [6.07, 6.45) is 2.06. The standard InChI is InChI=1S/C21H21BrN2O3S/c1-4-26-19-11-15(10-17(22)20(19)27-14(3)25)9-16-12-23-21(28-16)24-18-8-6-5-7-13(18)2/h5-11H,4,12H2,1-3H3,(H,23,24)/b16-9+. The molecule has 0 spiro atoms. The van der Waals surface area contributed by atoms with Crippen LogP contribution in [0, 0.1) is 6.92 Å². The van der Waals surface area contributed by atoms with Gasteiger partial charge in [-0.05, 0) is 65.2 Å². The number of carbonyl (C=O) groups is 1. The maximum Gasteiger partial charge on any atom is 0.308 e. The zero-order valence-electron chi connectivity index (χ0n) is 15.9. The van der Waals surface area contributed by atoms with E-state index in [2.05, 4.69) is 45.3 Å². The third-order valence-electron chi connectivity index (χ3n) is 3.90. The van der Waals surface area contributed by atoms with Crippen LogP contribution in [-0.4, -0.2) is 24.3 Å². The number of thioether (sulfide) groups is 1. The molecule has 0 saturated carbocycles. The first kappa shape index (κ1) is 20.5. The highest BCUT2D eigenvalue weighted by atomic mass is 79.9. The normalized spacial score (nSPS) is 14.7. The summed E-state index contributed by atoms with van der Waals surface area (Å²) in [4.78, 5) is 17.1. The number of nitrogens with zero attached hydrogens (tertiary/aromatic N) is 1. The van der Waals surface area contributed by atoms with Crippen molar-refractivity contribution in [2.24, 2.45) is 4.99 Å². The minimum absolute atomic E-state index is 0.389. The molecule has 0 radical (unpaired) electrons. The predicted molar refractivity (Wildman–Crippen MR) is 119 cm³/mol. The van der Waals surface area contributed by atoms with E-state index in [1.54, 1.807) is 11.8 Å². The summed E-state index contributed by atoms with van der Waals surface area (Å²) in [5.74, 6) is 0.536. The van der Waals surface area contributed by atoms with Gasteiger partial charge in [0.05, 0.1) is 17.6 Å². The number of para-hydroxylation sites is 1. The Bertz CT molecular complexity index is 957. The van der Waals surface area contributed by atoms with Crippen molar-refractivity contribution in [1.29, 1.82) is 0 Å². The largest absolute Gasteiger partial charge is 0.490 e. The Morgan fingerprint density at radius 1 is 1.36 bits per heavy atom. The van der Waals surface area contributed by atoms with Crippen LogP contribution in [0.15, 0.2) is 50.8 Å². The number of hydrogen-bond acceptors (Lipinski definition) is 6. The van der Waals surface area contributed by atoms with Gasteiger partial charge in [0, 0.05) is 17.5 Å². The van der Waals surface area contributed by atoms with Crippen LogP contribution < -0.4 is 14.8 Å². The van der Waals surface area contributed by atoms with Crippen molar-refractivity contribution in [3.63, 3.8) is 0 Å². The Hall–Kier alpha value is -2.25. The number of nitrogens with one attached hydrogen (secondary N) is 1. The average molecular weight is 461 g/mol. The third kappa shape index (κ3) is 5.17. The molecule has 146 valence electrons. The van der Waals surface area contributed by atoms with Gasteiger partial charge in [-0.25, -0.2) is 0 Å². The molecule has 0 saturated heterocycles. The quantitative estimate of drug-likeness (QED) is 0.462. The van der Waals surface area contributed by atoms with Crippen molar-refractivity contribution in [1.82, 2.24) is 0 Å². The lowest BCUT2D eigenvalue weighted by molar-refractivity contribution is -0.132. The van der Waals surface area contributed by atoms with Crippen molar-refractivity contribution < 1.29 is 14.3 Å². The van der Waals surface area contributed by atoms with Gasteiger partial charge in [-0.3, -0.25) is 9.79 Å². The first-order valence-corrected chi connectivity index (χ1v) is 10.5. The van der Waals surface area contributed by atoms with Gasteiger partial charge in [-0.2, -0.15) is 0 Å². The Morgan fingerprint density at radius 2 is 2.14 bits per heavy atom. The van der Waals surface area contributed by atoms with E-state index in [4.69, 9.17) is 9.47 Å². The van der Waals surface area contributed by atoms with E-state index in [0.717, 1.165) is 21.3 Å². The molecule has 0 unspecified atom stereocenters. The van der Waals surface area contributed by atoms with E-state index in [1.165, 1.54) is 12.5 Å². The number of amidine groups is 1. The molecule has 0 bridgehead atoms. The van der Waals surface area contributed by atoms with Gasteiger partial charge in [0.15, 0.2) is 16.7 Å². The second kappa shape index (κ2) is 9.30. The zero-order valence-corrected chi connectivity index (χ0v) is 18.3. The highest BCUT2D eigenvalue weighted by Crippen LogP contribution is 2.38. The number of rotatable bonds is 5. The minimum atomic E-state index is -0.389. The summed E-state index contributed by atoms with van der Waals surface area (Å²) in [6.45, 7) is 6.42. The third-order valence-corrected chi connectivity index (χ3v) is 5.42. The molecular formula is C21H21BrN2O3S. The molecule has 2 aromatic carbocycles. The SMILES string of the molecule is CCOc1cc(/C=C2\CN=C(Nc3ccccc3C)S2)cc(Br)c1OC(C)=O. The van der Waals surface area contributed by atoms with Crippen LogP contribution in [0.5, 0.6) is 11.5 Å². The highest BCUT2D eigenvalue weighted by Gasteiger charge is 2.17. The van der Waals surface area contributed by atoms with Gasteiger partial charge < -0.3 is 14.8 Å². The summed E-state index contributed by atoms with van der Waals surface area (Å²) in [5, 5.41) is 4.26. The number of aryl methyl sites for hydroxylation is 1. The number of halogens is 1. The second-order valence-electron chi connectivity index (χ2n) is 6.13. The summed E-state index contributed by atoms with van der Waals surface area (Å²) < 4.78 is 11.6. The predicted octanol–water partition coefficient (Wildman–Crippen LogP) is 5.64. The number of carbonyl (C=O) groups excluding carboxylic acids is 1. The lowest BCUT2D eigenvalue weighted by atomic mass is 10.2. The van der Waals surface area contributed by atoms with Crippen molar-refractivity contribution in [2.45, 2.75) is 20.8 Å². The van der Waals surface area contributed by atoms with E-state index < -0.39 is 0 Å². The molecule has 5 nitrogen and oxygen atoms in total. The first-order chi connectivity index (χ1) is 13.5. The molecule has 1 heterocycles. The Kier molecular flexibility index (Phi) is 6.80. The van der Waals surface area contributed by atoms with E-state index in [0.29, 0.717) is 29.1 Å². The number of ether oxygens (including phenoxy) is 2. The van der Waals surface area contributed by atoms with Crippen LogP contribution in [0.1, 0.15) is 25.0 Å². The number of aliphatic imine (C=N–C) groups is 1. The van der Waals surface area contributed by atoms with E-state index >= 15 is 0 Å². The molecule has 0 aliphatic carbocycles. The van der Waals surface area contributed by atoms with Crippen molar-refractivity contribution in [2.75, 3.05) is 18.5 Å². The molecule has 7 heteroatoms. The monoisotopic (exact) mass is 460 g/mol. The molecule has 28 heavy (non-hydrogen) atoms. The lowest BCUT2D eigenvalue weighted by Gasteiger charge is -2.13. The number of anilines is 1. The maximum atomic E-state index is 11.4. The van der Waals surface area contributed by atoms with Crippen LogP contribution in [0.4, 0.5) is 5.69 Å². The Balaban J connectivity index is 1.77. The van der Waals surface area contributed by atoms with Crippen LogP contribution in [0.2, 0.25) is 0 Å². The lowest BCUT2D eigenvalue weighted by Crippen LogP contribution is -2.05. The van der Waals surface area contributed by atoms with Crippen LogP contribution in [0.25, 0.3) is 6.08 Å². The van der Waals surface area contributed by atoms with Crippen LogP contribution >= 0.6 is 27.7 Å². The van der Waals surface area contributed by atoms with Gasteiger partial charge in [-0.15, -0.1) is 0 Å². The molecule has 1 aliphatic rings. The average Bonchev–Trinajstić information content (AvgIpc) is 3.07. The van der Waals surface area contributed by atoms with E-state index in [9.17, 15) is 4.79 Å². The summed E-state index contributed by atoms with van der Waals surface area (Å²) in [5.41, 5.74) is 3.18. The molecule has 1 aliphatic heterocycles. The highest BCUT2D eigenvalue weighted by molar-refractivity contribution is 9.10. The van der Waals surface area contributed by atoms with Crippen molar-refractivity contribution in [3.8, 4) is 11.5 Å². The van der Waals surface area contributed by atoms with E-state index in [1.807, 2.05) is 37.3 Å². The number of hydrogen-bond donors (Lipinski definition) is 1. The van der Waals surface area contributed by atoms with Crippen LogP contribution in [-0.2, 0) is 4.79 Å². The van der Waals surface area contributed by atoms with Gasteiger partial charge in [0.25, 0.3) is 0 Å². The second-order valence-corrected chi connectivity index (χ2v) is 8.10. The molecule has 3 rings (SSSR count). The fraction of sp³-hybridized carbons (Fsp3) is 0.238. The van der Waals surface area contributed by atoms with Crippen molar-refractivity contribution >= 4 is 50.6 Å². The fourth-order valence-electron chi connectivity index (χ4n) is 2.67. The summed E-state index contributed by atoms with van der Waals surface area (Å²) in [6, 6.07) is 11.9. The van der Waals surface area contributed by atoms with Gasteiger partial charge in [-0.1, -0.05) is 30.0 Å². The van der Waals surface area contributed by atoms with Crippen LogP contribution in [0.3, 0.4) is 0 Å². The smallest absolute Gasteiger partial charge is 0.308 e. The van der Waals surface area contributed by atoms with Gasteiger partial charge in [0.2, 0.25) is 0 Å². The topological polar surface area (TPSA) is 59.9 Å². The molecule has 0 fully saturated rings. The molecule has 0 amide bonds. The van der Waals surface area contributed by atoms with Gasteiger partial charge >= 0.3 is 5.97 Å². The minimum Gasteiger partial charge on any atom is -0.490 e. The summed E-state index contributed by atoms with van der Waals surface area (Å²) in [7, 11) is 0. The fourth-order valence-corrected chi connectivity index (χ4v) is 4.07. The first-order valence-electron chi connectivity index (χ1n) is 8.86. The maximum absolute atomic E-state index is 11.4. The molecule has 0 aromatic heterocycles. The Labute approximate surface area is 177 Å². The Morgan fingerprint density at radius 3 is 2.86 bits per heavy atom. The summed E-state index contributed by atoms with van der Waals surface area (Å²) >= 11 is 5.08. The van der Waals surface area contributed by atoms with E-state index in [-0.39, 0.29) is 5.97 Å². The number of esters is 1. The molecule has 2 aromatic rings. The molecular weight excluding hydrogens is 440 g/mol. The zero-order chi connectivity index (χ0) is 20.1. The number of benzene rings is 2.